The summed E-state index contributed by atoms with van der Waals surface area (Å²) in [5.74, 6) is -1.56. The van der Waals surface area contributed by atoms with Gasteiger partial charge in [-0.25, -0.2) is 8.78 Å². The van der Waals surface area contributed by atoms with Gasteiger partial charge >= 0.3 is 0 Å². The lowest BCUT2D eigenvalue weighted by Crippen LogP contribution is -2.14. The highest BCUT2D eigenvalue weighted by atomic mass is 32.2. The monoisotopic (exact) mass is 392 g/mol. The van der Waals surface area contributed by atoms with E-state index in [1.54, 1.807) is 18.5 Å². The van der Waals surface area contributed by atoms with Gasteiger partial charge in [-0.05, 0) is 48.2 Å². The van der Waals surface area contributed by atoms with Crippen molar-refractivity contribution >= 4 is 35.1 Å². The normalized spacial score (nSPS) is 10.7. The second-order valence-electron chi connectivity index (χ2n) is 5.26. The first-order chi connectivity index (χ1) is 12.5. The largest absolute Gasteiger partial charge is 0.325 e. The molecule has 0 aliphatic rings. The first-order valence-electron chi connectivity index (χ1n) is 7.51. The molecule has 0 bridgehead atoms. The van der Waals surface area contributed by atoms with Crippen LogP contribution in [0, 0.1) is 11.6 Å². The summed E-state index contributed by atoms with van der Waals surface area (Å²) in [6.45, 7) is 0. The van der Waals surface area contributed by atoms with Gasteiger partial charge in [0.1, 0.15) is 18.0 Å². The van der Waals surface area contributed by atoms with Crippen LogP contribution in [0.2, 0.25) is 0 Å². The quantitative estimate of drug-likeness (QED) is 0.643. The lowest BCUT2D eigenvalue weighted by molar-refractivity contribution is -0.113. The highest BCUT2D eigenvalue weighted by molar-refractivity contribution is 8.00. The maximum absolute atomic E-state index is 13.5. The van der Waals surface area contributed by atoms with Gasteiger partial charge in [-0.2, -0.15) is 0 Å². The van der Waals surface area contributed by atoms with Gasteiger partial charge in [0.05, 0.1) is 5.75 Å². The van der Waals surface area contributed by atoms with Crippen molar-refractivity contribution in [1.82, 2.24) is 14.8 Å². The van der Waals surface area contributed by atoms with Crippen LogP contribution in [0.15, 0.2) is 63.7 Å². The van der Waals surface area contributed by atoms with E-state index in [1.807, 2.05) is 23.7 Å². The van der Waals surface area contributed by atoms with E-state index in [-0.39, 0.29) is 16.6 Å². The molecule has 3 rings (SSSR count). The van der Waals surface area contributed by atoms with E-state index in [0.717, 1.165) is 33.9 Å². The summed E-state index contributed by atoms with van der Waals surface area (Å²) in [5.41, 5.74) is 0.637. The molecule has 5 nitrogen and oxygen atoms in total. The fraction of sp³-hybridized carbons (Fsp3) is 0.118. The van der Waals surface area contributed by atoms with E-state index in [0.29, 0.717) is 5.69 Å². The van der Waals surface area contributed by atoms with Gasteiger partial charge in [0.25, 0.3) is 0 Å². The number of nitrogens with zero attached hydrogens (tertiary/aromatic N) is 3. The zero-order chi connectivity index (χ0) is 18.5. The zero-order valence-electron chi connectivity index (χ0n) is 13.6. The van der Waals surface area contributed by atoms with Gasteiger partial charge in [0.2, 0.25) is 5.91 Å². The van der Waals surface area contributed by atoms with Crippen LogP contribution in [-0.2, 0) is 11.8 Å². The Morgan fingerprint density at radius 2 is 1.96 bits per heavy atom. The highest BCUT2D eigenvalue weighted by Gasteiger charge is 2.09. The molecule has 0 atom stereocenters. The molecule has 1 aromatic heterocycles. The van der Waals surface area contributed by atoms with Crippen LogP contribution in [0.25, 0.3) is 0 Å². The Kier molecular flexibility index (Phi) is 5.89. The molecule has 1 heterocycles. The molecular weight excluding hydrogens is 378 g/mol. The fourth-order valence-corrected chi connectivity index (χ4v) is 3.49. The van der Waals surface area contributed by atoms with Crippen LogP contribution in [-0.4, -0.2) is 26.4 Å². The Balaban J connectivity index is 1.53. The van der Waals surface area contributed by atoms with Crippen molar-refractivity contribution < 1.29 is 13.6 Å². The molecule has 1 N–H and O–H groups in total. The van der Waals surface area contributed by atoms with Crippen LogP contribution in [0.5, 0.6) is 0 Å². The fourth-order valence-electron chi connectivity index (χ4n) is 2.01. The van der Waals surface area contributed by atoms with Gasteiger partial charge in [0.15, 0.2) is 5.16 Å². The summed E-state index contributed by atoms with van der Waals surface area (Å²) in [6.07, 6.45) is 1.62. The topological polar surface area (TPSA) is 59.8 Å². The van der Waals surface area contributed by atoms with Gasteiger partial charge in [-0.15, -0.1) is 22.0 Å². The molecule has 0 saturated carbocycles. The van der Waals surface area contributed by atoms with Crippen LogP contribution in [0.1, 0.15) is 0 Å². The van der Waals surface area contributed by atoms with E-state index in [9.17, 15) is 13.6 Å². The summed E-state index contributed by atoms with van der Waals surface area (Å²) < 4.78 is 28.2. The molecule has 0 fully saturated rings. The third-order valence-corrected chi connectivity index (χ3v) is 5.38. The number of halogens is 2. The van der Waals surface area contributed by atoms with E-state index >= 15 is 0 Å². The summed E-state index contributed by atoms with van der Waals surface area (Å²) in [6, 6.07) is 10.6. The summed E-state index contributed by atoms with van der Waals surface area (Å²) in [4.78, 5) is 13.2. The molecule has 2 aromatic carbocycles. The maximum atomic E-state index is 13.5. The van der Waals surface area contributed by atoms with Gasteiger partial charge < -0.3 is 9.88 Å². The van der Waals surface area contributed by atoms with E-state index in [2.05, 4.69) is 15.5 Å². The molecule has 1 amide bonds. The molecule has 3 aromatic rings. The Morgan fingerprint density at radius 3 is 2.62 bits per heavy atom. The Labute approximate surface area is 157 Å². The molecule has 134 valence electrons. The first kappa shape index (κ1) is 18.4. The maximum Gasteiger partial charge on any atom is 0.234 e. The molecule has 0 radical (unpaired) electrons. The first-order valence-corrected chi connectivity index (χ1v) is 9.31. The number of carbonyl (C=O) groups is 1. The van der Waals surface area contributed by atoms with E-state index < -0.39 is 11.6 Å². The van der Waals surface area contributed by atoms with Gasteiger partial charge in [-0.1, -0.05) is 0 Å². The number of rotatable bonds is 6. The predicted molar refractivity (Wildman–Crippen MR) is 97.3 cm³/mol. The minimum Gasteiger partial charge on any atom is -0.325 e. The third-order valence-electron chi connectivity index (χ3n) is 3.27. The van der Waals surface area contributed by atoms with Crippen molar-refractivity contribution in [2.75, 3.05) is 11.1 Å². The predicted octanol–water partition coefficient (Wildman–Crippen LogP) is 3.98. The molecular formula is C17H14F2N4OS2. The number of aryl methyl sites for hydroxylation is 1. The molecule has 0 aliphatic heterocycles. The van der Waals surface area contributed by atoms with Crippen LogP contribution < -0.4 is 5.32 Å². The Morgan fingerprint density at radius 1 is 1.19 bits per heavy atom. The lowest BCUT2D eigenvalue weighted by Gasteiger charge is -2.07. The van der Waals surface area contributed by atoms with Gasteiger partial charge in [-0.3, -0.25) is 4.79 Å². The number of benzene rings is 2. The summed E-state index contributed by atoms with van der Waals surface area (Å²) in [7, 11) is 1.86. The minimum atomic E-state index is -0.673. The molecule has 0 unspecified atom stereocenters. The molecule has 9 heteroatoms. The number of aromatic nitrogens is 3. The minimum absolute atomic E-state index is 0.0258. The Bertz CT molecular complexity index is 915. The number of amides is 1. The number of anilines is 1. The number of thioether (sulfide) groups is 1. The molecule has 26 heavy (non-hydrogen) atoms. The standard InChI is InChI=1S/C17H14F2N4OS2/c1-23-10-20-22-17(23)26-13-5-3-12(4-6-13)21-16(24)9-25-15-7-2-11(18)8-14(15)19/h2-8,10H,9H2,1H3,(H,21,24). The number of carbonyl (C=O) groups excluding carboxylic acids is 1. The smallest absolute Gasteiger partial charge is 0.234 e. The second-order valence-corrected chi connectivity index (χ2v) is 7.32. The molecule has 0 spiro atoms. The van der Waals surface area contributed by atoms with Crippen molar-refractivity contribution in [2.24, 2.45) is 7.05 Å². The number of hydrogen-bond acceptors (Lipinski definition) is 5. The van der Waals surface area contributed by atoms with Gasteiger partial charge in [0, 0.05) is 28.6 Å². The lowest BCUT2D eigenvalue weighted by atomic mass is 10.3. The van der Waals surface area contributed by atoms with E-state index in [4.69, 9.17) is 0 Å². The molecule has 0 aliphatic carbocycles. The van der Waals surface area contributed by atoms with Crippen molar-refractivity contribution in [1.29, 1.82) is 0 Å². The van der Waals surface area contributed by atoms with Crippen LogP contribution >= 0.6 is 23.5 Å². The third kappa shape index (κ3) is 4.83. The van der Waals surface area contributed by atoms with Crippen molar-refractivity contribution in [2.45, 2.75) is 14.9 Å². The van der Waals surface area contributed by atoms with E-state index in [1.165, 1.54) is 17.8 Å². The second kappa shape index (κ2) is 8.33. The average molecular weight is 392 g/mol. The van der Waals surface area contributed by atoms with Crippen molar-refractivity contribution in [3.63, 3.8) is 0 Å². The Hall–Kier alpha value is -2.39. The van der Waals surface area contributed by atoms with Crippen molar-refractivity contribution in [3.05, 3.63) is 60.4 Å². The number of hydrogen-bond donors (Lipinski definition) is 1. The van der Waals surface area contributed by atoms with Crippen LogP contribution in [0.4, 0.5) is 14.5 Å². The highest BCUT2D eigenvalue weighted by Crippen LogP contribution is 2.27. The van der Waals surface area contributed by atoms with Crippen molar-refractivity contribution in [3.8, 4) is 0 Å². The number of nitrogens with one attached hydrogen (secondary N) is 1. The average Bonchev–Trinajstić information content (AvgIpc) is 3.01. The molecule has 0 saturated heterocycles. The zero-order valence-corrected chi connectivity index (χ0v) is 15.3. The summed E-state index contributed by atoms with van der Waals surface area (Å²) >= 11 is 2.47. The SMILES string of the molecule is Cn1cnnc1Sc1ccc(NC(=O)CSc2ccc(F)cc2F)cc1. The summed E-state index contributed by atoms with van der Waals surface area (Å²) in [5, 5.41) is 11.3. The van der Waals surface area contributed by atoms with Crippen LogP contribution in [0.3, 0.4) is 0 Å².